The Labute approximate surface area is 146 Å². The fourth-order valence-electron chi connectivity index (χ4n) is 0. The SMILES string of the molecule is O.O.O.O.O.O.O.O.O=[N+]([O-])[O-].O=[N+]([O-])[O-].O=[N+]([O-])[O-].[Ce+3]. The van der Waals surface area contributed by atoms with Crippen LogP contribution in [0.4, 0.5) is 0 Å². The smallest absolute Gasteiger partial charge is 0.412 e. The van der Waals surface area contributed by atoms with Crippen molar-refractivity contribution in [1.29, 1.82) is 0 Å². The Kier molecular flexibility index (Phi) is 551. The molecule has 0 aliphatic heterocycles. The van der Waals surface area contributed by atoms with Crippen LogP contribution in [0.1, 0.15) is 0 Å². The molecule has 0 bridgehead atoms. The molecule has 0 aliphatic rings. The van der Waals surface area contributed by atoms with Crippen LogP contribution in [0.25, 0.3) is 0 Å². The van der Waals surface area contributed by atoms with E-state index in [4.69, 9.17) is 46.0 Å². The van der Waals surface area contributed by atoms with Gasteiger partial charge >= 0.3 is 41.7 Å². The van der Waals surface area contributed by atoms with E-state index in [2.05, 4.69) is 0 Å². The van der Waals surface area contributed by atoms with Gasteiger partial charge in [0.05, 0.1) is 15.3 Å². The molecule has 0 aromatic carbocycles. The van der Waals surface area contributed by atoms with Crippen molar-refractivity contribution in [2.24, 2.45) is 0 Å². The van der Waals surface area contributed by atoms with Crippen LogP contribution < -0.4 is 0 Å². The molecule has 0 aromatic rings. The first-order valence-electron chi connectivity index (χ1n) is 1.64. The van der Waals surface area contributed by atoms with Gasteiger partial charge in [0.15, 0.2) is 0 Å². The second-order valence-electron chi connectivity index (χ2n) is 0.671. The van der Waals surface area contributed by atoms with Crippen LogP contribution in [-0.4, -0.2) is 59.1 Å². The topological polar surface area (TPSA) is 451 Å². The number of hydrogen-bond donors (Lipinski definition) is 0. The summed E-state index contributed by atoms with van der Waals surface area (Å²) >= 11 is 0. The van der Waals surface area contributed by atoms with Gasteiger partial charge in [-0.15, -0.1) is 0 Å². The molecular formula is H16CeN3O17. The van der Waals surface area contributed by atoms with Gasteiger partial charge < -0.3 is 89.8 Å². The summed E-state index contributed by atoms with van der Waals surface area (Å²) in [6.07, 6.45) is 0. The first-order valence-corrected chi connectivity index (χ1v) is 1.64. The van der Waals surface area contributed by atoms with E-state index in [1.54, 1.807) is 0 Å². The van der Waals surface area contributed by atoms with Gasteiger partial charge in [-0.3, -0.25) is 0 Å². The van der Waals surface area contributed by atoms with Crippen molar-refractivity contribution in [2.45, 2.75) is 0 Å². The Balaban J connectivity index is -0.00000000476. The molecule has 1 radical (unpaired) electrons. The van der Waals surface area contributed by atoms with E-state index in [-0.39, 0.29) is 85.6 Å². The molecule has 0 spiro atoms. The summed E-state index contributed by atoms with van der Waals surface area (Å²) in [4.78, 5) is 24.8. The zero-order valence-electron chi connectivity index (χ0n) is 9.52. The molecular weight excluding hydrogens is 454 g/mol. The van der Waals surface area contributed by atoms with Gasteiger partial charge in [0, 0.05) is 0 Å². The minimum absolute atomic E-state index is 0. The summed E-state index contributed by atoms with van der Waals surface area (Å²) in [6, 6.07) is 0. The number of nitrogens with zero attached hydrogens (tertiary/aromatic N) is 3. The molecule has 0 rings (SSSR count). The third-order valence-electron chi connectivity index (χ3n) is 0. The van der Waals surface area contributed by atoms with Crippen LogP contribution >= 0.6 is 0 Å². The molecule has 20 nitrogen and oxygen atoms in total. The third-order valence-corrected chi connectivity index (χ3v) is 0. The van der Waals surface area contributed by atoms with Gasteiger partial charge in [0.25, 0.3) is 0 Å². The molecule has 0 saturated carbocycles. The molecule has 16 N–H and O–H groups in total. The van der Waals surface area contributed by atoms with Crippen molar-refractivity contribution in [1.82, 2.24) is 0 Å². The van der Waals surface area contributed by atoms with E-state index in [0.717, 1.165) is 0 Å². The van der Waals surface area contributed by atoms with Crippen molar-refractivity contribution in [2.75, 3.05) is 0 Å². The van der Waals surface area contributed by atoms with Gasteiger partial charge in [-0.05, 0) is 0 Å². The fourth-order valence-corrected chi connectivity index (χ4v) is 0. The van der Waals surface area contributed by atoms with Gasteiger partial charge in [-0.1, -0.05) is 0 Å². The zero-order chi connectivity index (χ0) is 10.7. The van der Waals surface area contributed by atoms with Gasteiger partial charge in [-0.2, -0.15) is 0 Å². The average molecular weight is 470 g/mol. The Hall–Kier alpha value is -1.34. The summed E-state index contributed by atoms with van der Waals surface area (Å²) in [6.45, 7) is 0. The Morgan fingerprint density at radius 1 is 0.381 bits per heavy atom. The summed E-state index contributed by atoms with van der Waals surface area (Å²) in [5.41, 5.74) is 0. The molecule has 0 atom stereocenters. The fraction of sp³-hybridized carbons (Fsp3) is 0. The van der Waals surface area contributed by atoms with E-state index in [1.165, 1.54) is 0 Å². The van der Waals surface area contributed by atoms with Crippen LogP contribution in [0.2, 0.25) is 0 Å². The molecule has 0 heterocycles. The van der Waals surface area contributed by atoms with Crippen LogP contribution in [0.5, 0.6) is 0 Å². The standard InChI is InChI=1S/Ce.3NO3.8H2O/c;3*2-1(3)4;;;;;;;;/h;;;;8*1H2/q+3;3*-1;;;;;;;;. The van der Waals surface area contributed by atoms with Crippen LogP contribution in [0, 0.1) is 87.7 Å². The maximum atomic E-state index is 8.25. The maximum Gasteiger partial charge on any atom is 3.00 e. The minimum atomic E-state index is -1.75. The molecule has 0 aliphatic carbocycles. The Morgan fingerprint density at radius 3 is 0.381 bits per heavy atom. The molecule has 137 valence electrons. The predicted octanol–water partition coefficient (Wildman–Crippen LogP) is -7.31. The maximum absolute atomic E-state index is 8.25. The predicted molar refractivity (Wildman–Crippen MR) is 60.0 cm³/mol. The first kappa shape index (κ1) is 117. The molecule has 0 aromatic heterocycles. The van der Waals surface area contributed by atoms with Gasteiger partial charge in [0.2, 0.25) is 0 Å². The van der Waals surface area contributed by atoms with Gasteiger partial charge in [-0.25, -0.2) is 0 Å². The summed E-state index contributed by atoms with van der Waals surface area (Å²) < 4.78 is 0. The quantitative estimate of drug-likeness (QED) is 0.239. The molecule has 0 unspecified atom stereocenters. The van der Waals surface area contributed by atoms with E-state index in [9.17, 15) is 0 Å². The summed E-state index contributed by atoms with van der Waals surface area (Å²) in [5, 5.41) is 44.2. The second-order valence-corrected chi connectivity index (χ2v) is 0.671. The van der Waals surface area contributed by atoms with Crippen molar-refractivity contribution < 1.29 is 101 Å². The van der Waals surface area contributed by atoms with E-state index < -0.39 is 15.3 Å². The molecule has 0 fully saturated rings. The van der Waals surface area contributed by atoms with Crippen LogP contribution in [0.15, 0.2) is 0 Å². The summed E-state index contributed by atoms with van der Waals surface area (Å²) in [5.74, 6) is 0. The van der Waals surface area contributed by atoms with E-state index >= 15 is 0 Å². The molecule has 21 heteroatoms. The van der Waals surface area contributed by atoms with Crippen molar-refractivity contribution in [3.63, 3.8) is 0 Å². The zero-order valence-corrected chi connectivity index (χ0v) is 12.7. The van der Waals surface area contributed by atoms with Crippen molar-refractivity contribution in [3.05, 3.63) is 46.0 Å². The molecule has 0 saturated heterocycles. The minimum Gasteiger partial charge on any atom is -0.412 e. The Bertz CT molecular complexity index is 116. The van der Waals surface area contributed by atoms with Crippen LogP contribution in [-0.2, 0) is 0 Å². The number of rotatable bonds is 0. The molecule has 0 amide bonds. The first-order chi connectivity index (χ1) is 5.20. The monoisotopic (exact) mass is 470 g/mol. The van der Waals surface area contributed by atoms with E-state index in [0.29, 0.717) is 0 Å². The summed E-state index contributed by atoms with van der Waals surface area (Å²) in [7, 11) is 0. The third kappa shape index (κ3) is 2870. The van der Waals surface area contributed by atoms with Crippen molar-refractivity contribution >= 4 is 0 Å². The Morgan fingerprint density at radius 2 is 0.381 bits per heavy atom. The second kappa shape index (κ2) is 99.2. The van der Waals surface area contributed by atoms with Gasteiger partial charge in [0.1, 0.15) is 0 Å². The van der Waals surface area contributed by atoms with E-state index in [1.807, 2.05) is 0 Å². The average Bonchev–Trinajstić information content (AvgIpc) is 1.54. The normalized spacial score (nSPS) is 3.43. The van der Waals surface area contributed by atoms with Crippen molar-refractivity contribution in [3.8, 4) is 0 Å². The molecule has 21 heavy (non-hydrogen) atoms. The van der Waals surface area contributed by atoms with Crippen LogP contribution in [0.3, 0.4) is 0 Å². The largest absolute Gasteiger partial charge is 3.00 e. The number of hydrogen-bond acceptors (Lipinski definition) is 9.